The van der Waals surface area contributed by atoms with E-state index in [0.29, 0.717) is 28.4 Å². The maximum atomic E-state index is 13.2. The summed E-state index contributed by atoms with van der Waals surface area (Å²) in [5.74, 6) is 0. The Morgan fingerprint density at radius 3 is 2.55 bits per heavy atom. The number of para-hydroxylation sites is 1. The summed E-state index contributed by atoms with van der Waals surface area (Å²) in [4.78, 5) is 30.4. The highest BCUT2D eigenvalue weighted by Gasteiger charge is 2.27. The van der Waals surface area contributed by atoms with Crippen molar-refractivity contribution < 1.29 is 0 Å². The minimum Gasteiger partial charge on any atom is -0.294 e. The zero-order valence-electron chi connectivity index (χ0n) is 16.7. The Labute approximate surface area is 174 Å². The molecule has 0 saturated heterocycles. The maximum Gasteiger partial charge on any atom is 0.277 e. The molecule has 1 atom stereocenters. The second-order valence-corrected chi connectivity index (χ2v) is 8.02. The van der Waals surface area contributed by atoms with E-state index in [0.717, 1.165) is 23.9 Å². The van der Waals surface area contributed by atoms with Crippen LogP contribution in [0.25, 0.3) is 32.8 Å². The van der Waals surface area contributed by atoms with Gasteiger partial charge in [-0.1, -0.05) is 22.6 Å². The summed E-state index contributed by atoms with van der Waals surface area (Å²) >= 11 is 0. The largest absolute Gasteiger partial charge is 0.294 e. The maximum absolute atomic E-state index is 13.2. The zero-order valence-corrected chi connectivity index (χ0v) is 16.7. The minimum atomic E-state index is -0.209. The first-order chi connectivity index (χ1) is 15.1. The normalized spacial score (nSPS) is 15.1. The number of nitrogens with zero attached hydrogens (tertiary/aromatic N) is 8. The Hall–Kier alpha value is -3.95. The molecule has 0 bridgehead atoms. The van der Waals surface area contributed by atoms with Crippen molar-refractivity contribution in [3.05, 3.63) is 63.4 Å². The summed E-state index contributed by atoms with van der Waals surface area (Å²) in [6.07, 6.45) is 3.40. The van der Waals surface area contributed by atoms with Crippen LogP contribution in [0.2, 0.25) is 0 Å². The molecule has 3 heterocycles. The Kier molecular flexibility index (Phi) is 3.76. The van der Waals surface area contributed by atoms with Gasteiger partial charge < -0.3 is 0 Å². The number of hydrogen-bond acceptors (Lipinski definition) is 7. The molecule has 0 amide bonds. The zero-order chi connectivity index (χ0) is 21.1. The molecule has 3 aromatic heterocycles. The van der Waals surface area contributed by atoms with Crippen LogP contribution in [-0.4, -0.2) is 39.5 Å². The third-order valence-electron chi connectivity index (χ3n) is 5.81. The Bertz CT molecular complexity index is 1590. The van der Waals surface area contributed by atoms with Crippen molar-refractivity contribution in [3.8, 4) is 0 Å². The molecule has 1 aliphatic rings. The SMILES string of the molecule is CC(Cn1nnc2ccccc21)n1cnc2cc3c(=O)n(C4CC4)nnc3cc2c1=O. The molecule has 2 aromatic carbocycles. The molecule has 1 aliphatic carbocycles. The smallest absolute Gasteiger partial charge is 0.277 e. The molecule has 154 valence electrons. The lowest BCUT2D eigenvalue weighted by Gasteiger charge is -2.15. The molecule has 10 heteroatoms. The average Bonchev–Trinajstić information content (AvgIpc) is 3.55. The van der Waals surface area contributed by atoms with Gasteiger partial charge in [-0.15, -0.1) is 10.2 Å². The van der Waals surface area contributed by atoms with Crippen LogP contribution < -0.4 is 11.1 Å². The van der Waals surface area contributed by atoms with Gasteiger partial charge in [-0.3, -0.25) is 14.2 Å². The van der Waals surface area contributed by atoms with Gasteiger partial charge in [-0.2, -0.15) is 0 Å². The molecule has 31 heavy (non-hydrogen) atoms. The van der Waals surface area contributed by atoms with Crippen molar-refractivity contribution in [1.82, 2.24) is 39.5 Å². The first kappa shape index (κ1) is 17.9. The molecular formula is C21H18N8O2. The standard InChI is InChI=1S/C21H18N8O2/c1-12(10-28-19-5-3-2-4-16(19)23-25-28)27-11-22-17-8-15-18(9-14(17)20(27)30)24-26-29(21(15)31)13-6-7-13/h2-5,8-9,11-13H,6-7,10H2,1H3. The van der Waals surface area contributed by atoms with E-state index in [1.165, 1.54) is 11.0 Å². The van der Waals surface area contributed by atoms with E-state index in [4.69, 9.17) is 0 Å². The summed E-state index contributed by atoms with van der Waals surface area (Å²) in [6.45, 7) is 2.40. The fraction of sp³-hybridized carbons (Fsp3) is 0.286. The van der Waals surface area contributed by atoms with Crippen LogP contribution in [0.4, 0.5) is 0 Å². The van der Waals surface area contributed by atoms with E-state index in [-0.39, 0.29) is 23.2 Å². The molecule has 0 aliphatic heterocycles. The van der Waals surface area contributed by atoms with Gasteiger partial charge in [-0.05, 0) is 44.0 Å². The van der Waals surface area contributed by atoms with E-state index < -0.39 is 0 Å². The Morgan fingerprint density at radius 1 is 0.968 bits per heavy atom. The number of fused-ring (bicyclic) bond motifs is 3. The van der Waals surface area contributed by atoms with Crippen molar-refractivity contribution in [2.24, 2.45) is 0 Å². The second-order valence-electron chi connectivity index (χ2n) is 8.02. The highest BCUT2D eigenvalue weighted by molar-refractivity contribution is 5.93. The van der Waals surface area contributed by atoms with Gasteiger partial charge in [0.25, 0.3) is 11.1 Å². The summed E-state index contributed by atoms with van der Waals surface area (Å²) < 4.78 is 4.78. The molecule has 5 aromatic rings. The van der Waals surface area contributed by atoms with Gasteiger partial charge in [0.15, 0.2) is 0 Å². The van der Waals surface area contributed by atoms with Crippen molar-refractivity contribution in [1.29, 1.82) is 0 Å². The third-order valence-corrected chi connectivity index (χ3v) is 5.81. The van der Waals surface area contributed by atoms with Crippen LogP contribution in [0.3, 0.4) is 0 Å². The predicted molar refractivity (Wildman–Crippen MR) is 114 cm³/mol. The van der Waals surface area contributed by atoms with Gasteiger partial charge in [0, 0.05) is 0 Å². The van der Waals surface area contributed by atoms with E-state index in [9.17, 15) is 9.59 Å². The molecule has 10 nitrogen and oxygen atoms in total. The minimum absolute atomic E-state index is 0.134. The highest BCUT2D eigenvalue weighted by atomic mass is 16.1. The number of rotatable bonds is 4. The van der Waals surface area contributed by atoms with Crippen molar-refractivity contribution >= 4 is 32.8 Å². The van der Waals surface area contributed by atoms with Crippen molar-refractivity contribution in [2.75, 3.05) is 0 Å². The van der Waals surface area contributed by atoms with Crippen LogP contribution in [0, 0.1) is 0 Å². The molecule has 0 radical (unpaired) electrons. The first-order valence-corrected chi connectivity index (χ1v) is 10.2. The van der Waals surface area contributed by atoms with Gasteiger partial charge in [0.1, 0.15) is 11.0 Å². The van der Waals surface area contributed by atoms with Gasteiger partial charge in [0.05, 0.1) is 46.8 Å². The molecule has 6 rings (SSSR count). The summed E-state index contributed by atoms with van der Waals surface area (Å²) in [6, 6.07) is 10.9. The fourth-order valence-electron chi connectivity index (χ4n) is 3.95. The molecule has 0 spiro atoms. The van der Waals surface area contributed by atoms with Crippen LogP contribution in [0.1, 0.15) is 31.8 Å². The van der Waals surface area contributed by atoms with Crippen LogP contribution >= 0.6 is 0 Å². The lowest BCUT2D eigenvalue weighted by Crippen LogP contribution is -2.27. The first-order valence-electron chi connectivity index (χ1n) is 10.2. The predicted octanol–water partition coefficient (Wildman–Crippen LogP) is 1.84. The quantitative estimate of drug-likeness (QED) is 0.412. The summed E-state index contributed by atoms with van der Waals surface area (Å²) in [7, 11) is 0. The number of benzene rings is 2. The van der Waals surface area contributed by atoms with Crippen LogP contribution in [0.15, 0.2) is 52.3 Å². The number of hydrogen-bond donors (Lipinski definition) is 0. The van der Waals surface area contributed by atoms with Crippen molar-refractivity contribution in [2.45, 2.75) is 38.4 Å². The topological polar surface area (TPSA) is 113 Å². The van der Waals surface area contributed by atoms with Crippen LogP contribution in [-0.2, 0) is 6.54 Å². The summed E-state index contributed by atoms with van der Waals surface area (Å²) in [5.41, 5.74) is 2.20. The highest BCUT2D eigenvalue weighted by Crippen LogP contribution is 2.32. The van der Waals surface area contributed by atoms with Gasteiger partial charge >= 0.3 is 0 Å². The Morgan fingerprint density at radius 2 is 1.71 bits per heavy atom. The van der Waals surface area contributed by atoms with Gasteiger partial charge in [0.2, 0.25) is 0 Å². The molecular weight excluding hydrogens is 396 g/mol. The molecule has 1 unspecified atom stereocenters. The molecule has 0 N–H and O–H groups in total. The lowest BCUT2D eigenvalue weighted by atomic mass is 10.1. The fourth-order valence-corrected chi connectivity index (χ4v) is 3.95. The molecule has 1 fully saturated rings. The van der Waals surface area contributed by atoms with E-state index >= 15 is 0 Å². The number of aromatic nitrogens is 8. The second kappa shape index (κ2) is 6.53. The third kappa shape index (κ3) is 2.82. The van der Waals surface area contributed by atoms with E-state index in [1.54, 1.807) is 21.4 Å². The van der Waals surface area contributed by atoms with Gasteiger partial charge in [-0.25, -0.2) is 14.3 Å². The Balaban J connectivity index is 1.43. The van der Waals surface area contributed by atoms with Crippen LogP contribution in [0.5, 0.6) is 0 Å². The van der Waals surface area contributed by atoms with E-state index in [2.05, 4.69) is 25.6 Å². The average molecular weight is 414 g/mol. The van der Waals surface area contributed by atoms with Crippen molar-refractivity contribution in [3.63, 3.8) is 0 Å². The molecule has 1 saturated carbocycles. The lowest BCUT2D eigenvalue weighted by molar-refractivity contribution is 0.427. The monoisotopic (exact) mass is 414 g/mol. The summed E-state index contributed by atoms with van der Waals surface area (Å²) in [5, 5.41) is 17.4. The van der Waals surface area contributed by atoms with E-state index in [1.807, 2.05) is 31.2 Å².